The van der Waals surface area contributed by atoms with Crippen LogP contribution in [0.25, 0.3) is 0 Å². The molecular formula is C24H32N4O3S. The molecule has 1 aliphatic carbocycles. The molecule has 0 radical (unpaired) electrons. The number of esters is 1. The number of nitrogens with one attached hydrogen (secondary N) is 1. The lowest BCUT2D eigenvalue weighted by molar-refractivity contribution is -0.142. The van der Waals surface area contributed by atoms with Crippen LogP contribution in [0.3, 0.4) is 0 Å². The monoisotopic (exact) mass is 456 g/mol. The Bertz CT molecular complexity index is 887. The summed E-state index contributed by atoms with van der Waals surface area (Å²) in [7, 11) is 0. The van der Waals surface area contributed by atoms with Gasteiger partial charge < -0.3 is 15.0 Å². The minimum atomic E-state index is -0.243. The van der Waals surface area contributed by atoms with Crippen LogP contribution in [0.5, 0.6) is 0 Å². The van der Waals surface area contributed by atoms with E-state index in [9.17, 15) is 9.59 Å². The van der Waals surface area contributed by atoms with Gasteiger partial charge in [0.25, 0.3) is 5.91 Å². The van der Waals surface area contributed by atoms with Crippen LogP contribution in [-0.2, 0) is 15.3 Å². The Balaban J connectivity index is 1.51. The molecular weight excluding hydrogens is 424 g/mol. The summed E-state index contributed by atoms with van der Waals surface area (Å²) < 4.78 is 4.93. The lowest BCUT2D eigenvalue weighted by Crippen LogP contribution is -2.28. The van der Waals surface area contributed by atoms with Crippen LogP contribution in [0.15, 0.2) is 36.7 Å². The second-order valence-corrected chi connectivity index (χ2v) is 9.01. The summed E-state index contributed by atoms with van der Waals surface area (Å²) in [4.78, 5) is 34.9. The zero-order valence-corrected chi connectivity index (χ0v) is 19.7. The summed E-state index contributed by atoms with van der Waals surface area (Å²) in [5.74, 6) is 2.69. The minimum absolute atomic E-state index is 0.156. The summed E-state index contributed by atoms with van der Waals surface area (Å²) in [5.41, 5.74) is 2.22. The number of anilines is 2. The number of nitrogens with zero attached hydrogens (tertiary/aromatic N) is 3. The molecule has 1 aromatic heterocycles. The summed E-state index contributed by atoms with van der Waals surface area (Å²) in [6.45, 7) is 6.30. The molecule has 8 heteroatoms. The number of thioether (sulfide) groups is 1. The summed E-state index contributed by atoms with van der Waals surface area (Å²) >= 11 is 1.68. The van der Waals surface area contributed by atoms with Crippen molar-refractivity contribution in [3.63, 3.8) is 0 Å². The van der Waals surface area contributed by atoms with Gasteiger partial charge in [-0.05, 0) is 49.8 Å². The predicted octanol–water partition coefficient (Wildman–Crippen LogP) is 4.54. The second kappa shape index (κ2) is 12.4. The molecule has 32 heavy (non-hydrogen) atoms. The van der Waals surface area contributed by atoms with Gasteiger partial charge in [-0.3, -0.25) is 9.59 Å². The van der Waals surface area contributed by atoms with E-state index in [-0.39, 0.29) is 11.9 Å². The number of hydrogen-bond acceptors (Lipinski definition) is 7. The van der Waals surface area contributed by atoms with E-state index in [1.165, 1.54) is 19.2 Å². The summed E-state index contributed by atoms with van der Waals surface area (Å²) in [6.07, 6.45) is 5.48. The number of carbonyl (C=O) groups is 2. The first-order chi connectivity index (χ1) is 15.6. The van der Waals surface area contributed by atoms with Crippen molar-refractivity contribution in [2.75, 3.05) is 35.7 Å². The van der Waals surface area contributed by atoms with Crippen LogP contribution in [-0.4, -0.2) is 47.3 Å². The van der Waals surface area contributed by atoms with Crippen LogP contribution in [0.2, 0.25) is 0 Å². The van der Waals surface area contributed by atoms with Crippen molar-refractivity contribution in [2.24, 2.45) is 5.92 Å². The highest BCUT2D eigenvalue weighted by atomic mass is 32.2. The van der Waals surface area contributed by atoms with E-state index in [0.29, 0.717) is 18.7 Å². The van der Waals surface area contributed by atoms with Crippen LogP contribution in [0.4, 0.5) is 11.5 Å². The molecule has 0 unspecified atom stereocenters. The molecule has 0 bridgehead atoms. The van der Waals surface area contributed by atoms with Crippen LogP contribution >= 0.6 is 11.8 Å². The van der Waals surface area contributed by atoms with Gasteiger partial charge in [-0.15, -0.1) is 0 Å². The Morgan fingerprint density at radius 1 is 1.19 bits per heavy atom. The predicted molar refractivity (Wildman–Crippen MR) is 129 cm³/mol. The second-order valence-electron chi connectivity index (χ2n) is 7.91. The molecule has 7 nitrogen and oxygen atoms in total. The summed E-state index contributed by atoms with van der Waals surface area (Å²) in [5, 5.41) is 2.92. The number of amides is 1. The molecule has 0 saturated heterocycles. The van der Waals surface area contributed by atoms with Crippen LogP contribution in [0, 0.1) is 5.92 Å². The first-order valence-electron chi connectivity index (χ1n) is 11.3. The van der Waals surface area contributed by atoms with Gasteiger partial charge in [0.15, 0.2) is 0 Å². The number of aromatic nitrogens is 2. The van der Waals surface area contributed by atoms with Crippen molar-refractivity contribution >= 4 is 35.1 Å². The molecule has 1 aliphatic rings. The Morgan fingerprint density at radius 2 is 1.97 bits per heavy atom. The standard InChI is InChI=1S/C24H32N4O3S/c1-3-12-28(15-18-5-6-18)22-14-21(25-17-26-22)24(30)27-20-9-7-19(8-10-20)16-32-13-11-23(29)31-4-2/h7-10,14,17-18H,3-6,11-13,15-16H2,1-2H3,(H,27,30). The Kier molecular flexibility index (Phi) is 9.34. The highest BCUT2D eigenvalue weighted by Crippen LogP contribution is 2.31. The van der Waals surface area contributed by atoms with E-state index < -0.39 is 0 Å². The molecule has 1 heterocycles. The average molecular weight is 457 g/mol. The van der Waals surface area contributed by atoms with Gasteiger partial charge in [0.1, 0.15) is 17.8 Å². The van der Waals surface area contributed by atoms with Crippen molar-refractivity contribution in [1.82, 2.24) is 9.97 Å². The molecule has 1 N–H and O–H groups in total. The van der Waals surface area contributed by atoms with Crippen molar-refractivity contribution in [1.29, 1.82) is 0 Å². The first-order valence-corrected chi connectivity index (χ1v) is 12.4. The molecule has 172 valence electrons. The molecule has 1 fully saturated rings. The van der Waals surface area contributed by atoms with Crippen LogP contribution in [0.1, 0.15) is 55.6 Å². The number of rotatable bonds is 13. The average Bonchev–Trinajstić information content (AvgIpc) is 3.62. The molecule has 1 saturated carbocycles. The van der Waals surface area contributed by atoms with Crippen molar-refractivity contribution in [3.05, 3.63) is 47.9 Å². The maximum Gasteiger partial charge on any atom is 0.306 e. The Morgan fingerprint density at radius 3 is 2.66 bits per heavy atom. The highest BCUT2D eigenvalue weighted by Gasteiger charge is 2.25. The van der Waals surface area contributed by atoms with E-state index in [0.717, 1.165) is 54.0 Å². The molecule has 3 rings (SSSR count). The first kappa shape index (κ1) is 24.0. The van der Waals surface area contributed by atoms with E-state index in [4.69, 9.17) is 4.74 Å². The summed E-state index contributed by atoms with van der Waals surface area (Å²) in [6, 6.07) is 9.52. The lowest BCUT2D eigenvalue weighted by Gasteiger charge is -2.23. The van der Waals surface area contributed by atoms with Gasteiger partial charge in [-0.1, -0.05) is 19.1 Å². The smallest absolute Gasteiger partial charge is 0.306 e. The van der Waals surface area contributed by atoms with Crippen molar-refractivity contribution in [2.45, 2.75) is 45.3 Å². The van der Waals surface area contributed by atoms with E-state index >= 15 is 0 Å². The fourth-order valence-corrected chi connectivity index (χ4v) is 4.17. The topological polar surface area (TPSA) is 84.4 Å². The highest BCUT2D eigenvalue weighted by molar-refractivity contribution is 7.98. The number of hydrogen-bond donors (Lipinski definition) is 1. The Hall–Kier alpha value is -2.61. The van der Waals surface area contributed by atoms with E-state index in [2.05, 4.69) is 27.1 Å². The molecule has 0 aliphatic heterocycles. The SMILES string of the molecule is CCCN(CC1CC1)c1cc(C(=O)Nc2ccc(CSCCC(=O)OCC)cc2)ncn1. The van der Waals surface area contributed by atoms with Gasteiger partial charge in [-0.2, -0.15) is 11.8 Å². The van der Waals surface area contributed by atoms with Gasteiger partial charge in [0, 0.05) is 36.3 Å². The maximum atomic E-state index is 12.7. The normalized spacial score (nSPS) is 12.9. The van der Waals surface area contributed by atoms with Crippen molar-refractivity contribution < 1.29 is 14.3 Å². The fraction of sp³-hybridized carbons (Fsp3) is 0.500. The fourth-order valence-electron chi connectivity index (χ4n) is 3.28. The van der Waals surface area contributed by atoms with Gasteiger partial charge in [0.2, 0.25) is 0 Å². The van der Waals surface area contributed by atoms with Gasteiger partial charge >= 0.3 is 5.97 Å². The van der Waals surface area contributed by atoms with Crippen LogP contribution < -0.4 is 10.2 Å². The zero-order chi connectivity index (χ0) is 22.8. The maximum absolute atomic E-state index is 12.7. The minimum Gasteiger partial charge on any atom is -0.466 e. The third-order valence-corrected chi connectivity index (χ3v) is 6.14. The van der Waals surface area contributed by atoms with Gasteiger partial charge in [0.05, 0.1) is 13.0 Å². The lowest BCUT2D eigenvalue weighted by atomic mass is 10.2. The zero-order valence-electron chi connectivity index (χ0n) is 18.9. The third-order valence-electron chi connectivity index (χ3n) is 5.11. The van der Waals surface area contributed by atoms with E-state index in [1.807, 2.05) is 31.2 Å². The Labute approximate surface area is 194 Å². The number of carbonyl (C=O) groups excluding carboxylic acids is 2. The van der Waals surface area contributed by atoms with E-state index in [1.54, 1.807) is 17.8 Å². The molecule has 1 amide bonds. The van der Waals surface area contributed by atoms with Crippen molar-refractivity contribution in [3.8, 4) is 0 Å². The number of ether oxygens (including phenoxy) is 1. The van der Waals surface area contributed by atoms with Gasteiger partial charge in [-0.25, -0.2) is 9.97 Å². The molecule has 0 atom stereocenters. The third kappa shape index (κ3) is 7.82. The molecule has 1 aromatic carbocycles. The molecule has 0 spiro atoms. The molecule has 2 aromatic rings. The largest absolute Gasteiger partial charge is 0.466 e. The quantitative estimate of drug-likeness (QED) is 0.350. The number of benzene rings is 1.